The number of benzene rings is 1. The first kappa shape index (κ1) is 21.9. The lowest BCUT2D eigenvalue weighted by Gasteiger charge is -2.18. The van der Waals surface area contributed by atoms with Crippen molar-refractivity contribution in [3.8, 4) is 5.75 Å². The van der Waals surface area contributed by atoms with Gasteiger partial charge in [-0.1, -0.05) is 13.8 Å². The molecule has 9 nitrogen and oxygen atoms in total. The quantitative estimate of drug-likeness (QED) is 0.504. The van der Waals surface area contributed by atoms with Crippen LogP contribution in [0.1, 0.15) is 30.5 Å². The van der Waals surface area contributed by atoms with Crippen molar-refractivity contribution in [2.75, 3.05) is 6.54 Å². The Bertz CT molecular complexity index is 1020. The van der Waals surface area contributed by atoms with E-state index in [9.17, 15) is 24.3 Å². The molecule has 1 aromatic heterocycles. The van der Waals surface area contributed by atoms with E-state index in [1.807, 2.05) is 0 Å². The van der Waals surface area contributed by atoms with Crippen LogP contribution in [0.25, 0.3) is 11.0 Å². The highest BCUT2D eigenvalue weighted by Crippen LogP contribution is 2.28. The summed E-state index contributed by atoms with van der Waals surface area (Å²) < 4.78 is 5.28. The summed E-state index contributed by atoms with van der Waals surface area (Å²) in [5.74, 6) is -2.71. The molecule has 1 aromatic carbocycles. The Morgan fingerprint density at radius 1 is 1.10 bits per heavy atom. The van der Waals surface area contributed by atoms with E-state index in [2.05, 4.69) is 10.6 Å². The van der Waals surface area contributed by atoms with E-state index in [4.69, 9.17) is 9.52 Å². The van der Waals surface area contributed by atoms with Gasteiger partial charge in [-0.25, -0.2) is 9.59 Å². The van der Waals surface area contributed by atoms with E-state index in [0.717, 1.165) is 0 Å². The van der Waals surface area contributed by atoms with Gasteiger partial charge in [-0.15, -0.1) is 0 Å². The predicted molar refractivity (Wildman–Crippen MR) is 105 cm³/mol. The van der Waals surface area contributed by atoms with Crippen molar-refractivity contribution in [3.63, 3.8) is 0 Å². The lowest BCUT2D eigenvalue weighted by Crippen LogP contribution is -2.48. The molecule has 0 saturated carbocycles. The van der Waals surface area contributed by atoms with E-state index in [1.54, 1.807) is 33.8 Å². The van der Waals surface area contributed by atoms with Crippen LogP contribution < -0.4 is 16.3 Å². The Labute approximate surface area is 166 Å². The van der Waals surface area contributed by atoms with Crippen molar-refractivity contribution in [1.29, 1.82) is 0 Å². The Morgan fingerprint density at radius 2 is 1.76 bits per heavy atom. The maximum absolute atomic E-state index is 12.3. The average Bonchev–Trinajstić information content (AvgIpc) is 2.64. The minimum absolute atomic E-state index is 0.00221. The number of phenolic OH excluding ortho intramolecular Hbond substituents is 1. The standard InChI is InChI=1S/C20H24N2O7/c1-9(2)17(19(26)27)22-16(25)8-21-15(24)7-13-10(3)12-5-6-14(23)11(4)18(12)29-20(13)28/h5-6,9,17,23H,7-8H2,1-4H3,(H,21,24)(H,22,25)(H,26,27). The van der Waals surface area contributed by atoms with E-state index >= 15 is 0 Å². The monoisotopic (exact) mass is 404 g/mol. The molecule has 0 spiro atoms. The van der Waals surface area contributed by atoms with Gasteiger partial charge in [-0.3, -0.25) is 9.59 Å². The summed E-state index contributed by atoms with van der Waals surface area (Å²) in [6.45, 7) is 6.18. The third-order valence-electron chi connectivity index (χ3n) is 4.71. The third-order valence-corrected chi connectivity index (χ3v) is 4.71. The number of hydrogen-bond acceptors (Lipinski definition) is 6. The number of carboxylic acid groups (broad SMARTS) is 1. The van der Waals surface area contributed by atoms with Crippen LogP contribution in [0.2, 0.25) is 0 Å². The van der Waals surface area contributed by atoms with Gasteiger partial charge in [-0.2, -0.15) is 0 Å². The number of carbonyl (C=O) groups is 3. The Balaban J connectivity index is 2.10. The van der Waals surface area contributed by atoms with Gasteiger partial charge in [0.15, 0.2) is 0 Å². The summed E-state index contributed by atoms with van der Waals surface area (Å²) in [4.78, 5) is 47.5. The summed E-state index contributed by atoms with van der Waals surface area (Å²) in [7, 11) is 0. The van der Waals surface area contributed by atoms with Crippen LogP contribution in [0.15, 0.2) is 21.3 Å². The zero-order valence-corrected chi connectivity index (χ0v) is 16.7. The first-order chi connectivity index (χ1) is 13.5. The molecular weight excluding hydrogens is 380 g/mol. The number of fused-ring (bicyclic) bond motifs is 1. The number of aryl methyl sites for hydroxylation is 2. The first-order valence-electron chi connectivity index (χ1n) is 9.06. The van der Waals surface area contributed by atoms with Crippen LogP contribution in [0, 0.1) is 19.8 Å². The predicted octanol–water partition coefficient (Wildman–Crippen LogP) is 1.000. The van der Waals surface area contributed by atoms with Gasteiger partial charge >= 0.3 is 11.6 Å². The van der Waals surface area contributed by atoms with Crippen molar-refractivity contribution >= 4 is 28.8 Å². The van der Waals surface area contributed by atoms with Crippen molar-refractivity contribution in [1.82, 2.24) is 10.6 Å². The average molecular weight is 404 g/mol. The molecule has 2 aromatic rings. The van der Waals surface area contributed by atoms with E-state index in [1.165, 1.54) is 6.07 Å². The van der Waals surface area contributed by atoms with Crippen LogP contribution in [-0.4, -0.2) is 40.6 Å². The molecule has 4 N–H and O–H groups in total. The second-order valence-corrected chi connectivity index (χ2v) is 7.16. The second-order valence-electron chi connectivity index (χ2n) is 7.16. The van der Waals surface area contributed by atoms with Crippen LogP contribution >= 0.6 is 0 Å². The van der Waals surface area contributed by atoms with Gasteiger partial charge in [-0.05, 0) is 37.5 Å². The number of aromatic hydroxyl groups is 1. The van der Waals surface area contributed by atoms with Crippen molar-refractivity contribution in [2.24, 2.45) is 5.92 Å². The Kier molecular flexibility index (Phi) is 6.63. The molecule has 1 atom stereocenters. The molecule has 0 bridgehead atoms. The van der Waals surface area contributed by atoms with E-state index in [-0.39, 0.29) is 29.2 Å². The smallest absolute Gasteiger partial charge is 0.340 e. The van der Waals surface area contributed by atoms with Gasteiger partial charge in [0.1, 0.15) is 17.4 Å². The van der Waals surface area contributed by atoms with Crippen molar-refractivity contribution < 1.29 is 29.0 Å². The van der Waals surface area contributed by atoms with Gasteiger partial charge in [0.25, 0.3) is 0 Å². The highest BCUT2D eigenvalue weighted by Gasteiger charge is 2.23. The molecule has 29 heavy (non-hydrogen) atoms. The molecule has 0 radical (unpaired) electrons. The van der Waals surface area contributed by atoms with Crippen LogP contribution in [0.3, 0.4) is 0 Å². The summed E-state index contributed by atoms with van der Waals surface area (Å²) >= 11 is 0. The number of rotatable bonds is 7. The highest BCUT2D eigenvalue weighted by atomic mass is 16.4. The fraction of sp³-hybridized carbons (Fsp3) is 0.400. The number of carboxylic acids is 1. The number of aliphatic carboxylic acids is 1. The van der Waals surface area contributed by atoms with Crippen LogP contribution in [-0.2, 0) is 20.8 Å². The maximum Gasteiger partial charge on any atom is 0.340 e. The zero-order chi connectivity index (χ0) is 21.9. The van der Waals surface area contributed by atoms with Gasteiger partial charge < -0.3 is 25.3 Å². The Morgan fingerprint density at radius 3 is 2.34 bits per heavy atom. The molecule has 1 unspecified atom stereocenters. The van der Waals surface area contributed by atoms with Gasteiger partial charge in [0.05, 0.1) is 18.5 Å². The zero-order valence-electron chi connectivity index (χ0n) is 16.7. The summed E-state index contributed by atoms with van der Waals surface area (Å²) in [6.07, 6.45) is -0.302. The number of carbonyl (C=O) groups excluding carboxylic acids is 2. The normalized spacial score (nSPS) is 12.0. The van der Waals surface area contributed by atoms with Crippen molar-refractivity contribution in [3.05, 3.63) is 39.2 Å². The molecule has 0 aliphatic rings. The number of nitrogens with one attached hydrogen (secondary N) is 2. The van der Waals surface area contributed by atoms with Crippen LogP contribution in [0.4, 0.5) is 0 Å². The molecule has 0 aliphatic heterocycles. The van der Waals surface area contributed by atoms with Gasteiger partial charge in [0, 0.05) is 10.9 Å². The maximum atomic E-state index is 12.3. The first-order valence-corrected chi connectivity index (χ1v) is 9.06. The number of phenols is 1. The molecule has 1 heterocycles. The van der Waals surface area contributed by atoms with Crippen LogP contribution in [0.5, 0.6) is 5.75 Å². The molecule has 0 fully saturated rings. The highest BCUT2D eigenvalue weighted by molar-refractivity contribution is 5.90. The SMILES string of the molecule is Cc1c(CC(=O)NCC(=O)NC(C(=O)O)C(C)C)c(=O)oc2c(C)c(O)ccc12. The minimum Gasteiger partial charge on any atom is -0.508 e. The summed E-state index contributed by atoms with van der Waals surface area (Å²) in [6, 6.07) is 2.02. The summed E-state index contributed by atoms with van der Waals surface area (Å²) in [5.41, 5.74) is 0.669. The second kappa shape index (κ2) is 8.76. The number of hydrogen-bond donors (Lipinski definition) is 4. The fourth-order valence-electron chi connectivity index (χ4n) is 2.92. The van der Waals surface area contributed by atoms with Gasteiger partial charge in [0.2, 0.25) is 11.8 Å². The third kappa shape index (κ3) is 4.92. The molecule has 9 heteroatoms. The molecule has 0 aliphatic carbocycles. The molecule has 0 saturated heterocycles. The lowest BCUT2D eigenvalue weighted by atomic mass is 10.0. The van der Waals surface area contributed by atoms with E-state index in [0.29, 0.717) is 16.5 Å². The summed E-state index contributed by atoms with van der Waals surface area (Å²) in [5, 5.41) is 24.2. The molecular formula is C20H24N2O7. The number of amides is 2. The van der Waals surface area contributed by atoms with Crippen molar-refractivity contribution in [2.45, 2.75) is 40.2 Å². The topological polar surface area (TPSA) is 146 Å². The largest absolute Gasteiger partial charge is 0.508 e. The minimum atomic E-state index is -1.16. The Hall–Kier alpha value is -3.36. The lowest BCUT2D eigenvalue weighted by molar-refractivity contribution is -0.143. The molecule has 2 rings (SSSR count). The molecule has 2 amide bonds. The molecule has 156 valence electrons. The fourth-order valence-corrected chi connectivity index (χ4v) is 2.92. The van der Waals surface area contributed by atoms with E-state index < -0.39 is 36.0 Å².